The molecule has 2 rings (SSSR count). The Morgan fingerprint density at radius 2 is 1.52 bits per heavy atom. The van der Waals surface area contributed by atoms with E-state index in [-0.39, 0.29) is 10.7 Å². The van der Waals surface area contributed by atoms with E-state index < -0.39 is 9.84 Å². The van der Waals surface area contributed by atoms with Crippen LogP contribution in [0.5, 0.6) is 11.5 Å². The molecule has 0 unspecified atom stereocenters. The van der Waals surface area contributed by atoms with Gasteiger partial charge in [0.05, 0.1) is 4.90 Å². The highest BCUT2D eigenvalue weighted by Crippen LogP contribution is 2.32. The van der Waals surface area contributed by atoms with E-state index in [9.17, 15) is 12.8 Å². The summed E-state index contributed by atoms with van der Waals surface area (Å²) in [6, 6.07) is 7.50. The van der Waals surface area contributed by atoms with Crippen molar-refractivity contribution in [1.29, 1.82) is 0 Å². The second-order valence-electron chi connectivity index (χ2n) is 5.17. The van der Waals surface area contributed by atoms with Gasteiger partial charge in [-0.2, -0.15) is 0 Å². The molecule has 0 atom stereocenters. The van der Waals surface area contributed by atoms with Crippen LogP contribution >= 0.6 is 0 Å². The molecular formula is C16H17FO3S. The topological polar surface area (TPSA) is 43.4 Å². The molecule has 0 amide bonds. The smallest absolute Gasteiger partial charge is 0.175 e. The Hall–Kier alpha value is -1.88. The van der Waals surface area contributed by atoms with Crippen molar-refractivity contribution in [3.63, 3.8) is 0 Å². The van der Waals surface area contributed by atoms with Crippen LogP contribution in [-0.4, -0.2) is 14.7 Å². The third kappa shape index (κ3) is 3.42. The molecule has 0 saturated heterocycles. The summed E-state index contributed by atoms with van der Waals surface area (Å²) in [7, 11) is -3.24. The molecule has 3 nitrogen and oxygen atoms in total. The molecule has 0 aliphatic rings. The maximum absolute atomic E-state index is 13.3. The number of rotatable bonds is 3. The van der Waals surface area contributed by atoms with Gasteiger partial charge in [-0.15, -0.1) is 0 Å². The maximum atomic E-state index is 13.3. The van der Waals surface area contributed by atoms with E-state index in [0.717, 1.165) is 6.26 Å². The first-order valence-corrected chi connectivity index (χ1v) is 8.33. The molecular weight excluding hydrogens is 291 g/mol. The van der Waals surface area contributed by atoms with Crippen molar-refractivity contribution in [1.82, 2.24) is 0 Å². The van der Waals surface area contributed by atoms with Crippen molar-refractivity contribution >= 4 is 9.84 Å². The highest BCUT2D eigenvalue weighted by molar-refractivity contribution is 7.90. The van der Waals surface area contributed by atoms with E-state index in [0.29, 0.717) is 28.2 Å². The molecule has 2 aromatic carbocycles. The Morgan fingerprint density at radius 3 is 2.00 bits per heavy atom. The first kappa shape index (κ1) is 15.5. The molecule has 5 heteroatoms. The van der Waals surface area contributed by atoms with Gasteiger partial charge in [0.2, 0.25) is 0 Å². The number of sulfone groups is 1. The number of hydrogen-bond acceptors (Lipinski definition) is 3. The van der Waals surface area contributed by atoms with E-state index in [1.807, 2.05) is 0 Å². The summed E-state index contributed by atoms with van der Waals surface area (Å²) < 4.78 is 42.2. The molecule has 0 aliphatic heterocycles. The van der Waals surface area contributed by atoms with Gasteiger partial charge in [0.15, 0.2) is 9.84 Å². The standard InChI is InChI=1S/C16H17FO3S/c1-10-9-14(21(4,18)19)5-6-15(10)20-16-11(2)7-13(17)8-12(16)3/h5-9H,1-4H3. The van der Waals surface area contributed by atoms with E-state index in [1.165, 1.54) is 18.2 Å². The zero-order chi connectivity index (χ0) is 15.8. The summed E-state index contributed by atoms with van der Waals surface area (Å²) in [5, 5.41) is 0. The van der Waals surface area contributed by atoms with Gasteiger partial charge in [0.25, 0.3) is 0 Å². The Balaban J connectivity index is 2.42. The van der Waals surface area contributed by atoms with Gasteiger partial charge in [-0.25, -0.2) is 12.8 Å². The van der Waals surface area contributed by atoms with E-state index in [1.54, 1.807) is 32.9 Å². The minimum atomic E-state index is -3.24. The highest BCUT2D eigenvalue weighted by Gasteiger charge is 2.12. The van der Waals surface area contributed by atoms with Crippen LogP contribution in [0.25, 0.3) is 0 Å². The van der Waals surface area contributed by atoms with Gasteiger partial charge < -0.3 is 4.74 Å². The molecule has 0 spiro atoms. The number of ether oxygens (including phenoxy) is 1. The highest BCUT2D eigenvalue weighted by atomic mass is 32.2. The second-order valence-corrected chi connectivity index (χ2v) is 7.19. The zero-order valence-electron chi connectivity index (χ0n) is 12.4. The van der Waals surface area contributed by atoms with Crippen LogP contribution in [0.2, 0.25) is 0 Å². The summed E-state index contributed by atoms with van der Waals surface area (Å²) >= 11 is 0. The van der Waals surface area contributed by atoms with E-state index in [2.05, 4.69) is 0 Å². The minimum absolute atomic E-state index is 0.250. The van der Waals surface area contributed by atoms with Crippen LogP contribution in [0.4, 0.5) is 4.39 Å². The molecule has 21 heavy (non-hydrogen) atoms. The summed E-state index contributed by atoms with van der Waals surface area (Å²) in [5.74, 6) is 0.841. The van der Waals surface area contributed by atoms with E-state index in [4.69, 9.17) is 4.74 Å². The van der Waals surface area contributed by atoms with E-state index >= 15 is 0 Å². The quantitative estimate of drug-likeness (QED) is 0.862. The van der Waals surface area contributed by atoms with Crippen molar-refractivity contribution in [2.45, 2.75) is 25.7 Å². The summed E-state index contributed by atoms with van der Waals surface area (Å²) in [5.41, 5.74) is 2.10. The third-order valence-electron chi connectivity index (χ3n) is 3.21. The molecule has 0 radical (unpaired) electrons. The van der Waals surface area contributed by atoms with Crippen LogP contribution < -0.4 is 4.74 Å². The molecule has 0 heterocycles. The SMILES string of the molecule is Cc1cc(S(C)(=O)=O)ccc1Oc1c(C)cc(F)cc1C. The predicted octanol–water partition coefficient (Wildman–Crippen LogP) is 3.95. The largest absolute Gasteiger partial charge is 0.457 e. The fourth-order valence-corrected chi connectivity index (χ4v) is 2.84. The molecule has 112 valence electrons. The molecule has 0 bridgehead atoms. The molecule has 0 fully saturated rings. The lowest BCUT2D eigenvalue weighted by Crippen LogP contribution is -1.99. The van der Waals surface area contributed by atoms with Crippen molar-refractivity contribution in [2.75, 3.05) is 6.26 Å². The van der Waals surface area contributed by atoms with Crippen LogP contribution in [0.3, 0.4) is 0 Å². The van der Waals surface area contributed by atoms with Crippen LogP contribution in [0.1, 0.15) is 16.7 Å². The summed E-state index contributed by atoms with van der Waals surface area (Å²) in [6.45, 7) is 5.31. The van der Waals surface area contributed by atoms with Gasteiger partial charge in [-0.3, -0.25) is 0 Å². The van der Waals surface area contributed by atoms with Crippen molar-refractivity contribution in [2.24, 2.45) is 0 Å². The Kier molecular flexibility index (Phi) is 4.05. The zero-order valence-corrected chi connectivity index (χ0v) is 13.2. The fraction of sp³-hybridized carbons (Fsp3) is 0.250. The predicted molar refractivity (Wildman–Crippen MR) is 80.2 cm³/mol. The maximum Gasteiger partial charge on any atom is 0.175 e. The Morgan fingerprint density at radius 1 is 0.952 bits per heavy atom. The number of halogens is 1. The Bertz CT molecular complexity index is 772. The lowest BCUT2D eigenvalue weighted by Gasteiger charge is -2.14. The first-order chi connectivity index (χ1) is 9.68. The average Bonchev–Trinajstić information content (AvgIpc) is 2.33. The third-order valence-corrected chi connectivity index (χ3v) is 4.32. The van der Waals surface area contributed by atoms with Crippen molar-refractivity contribution in [3.05, 3.63) is 52.8 Å². The van der Waals surface area contributed by atoms with Crippen molar-refractivity contribution in [3.8, 4) is 11.5 Å². The molecule has 0 aromatic heterocycles. The molecule has 0 N–H and O–H groups in total. The van der Waals surface area contributed by atoms with Crippen LogP contribution in [0.15, 0.2) is 35.2 Å². The van der Waals surface area contributed by atoms with Gasteiger partial charge in [-0.1, -0.05) is 0 Å². The minimum Gasteiger partial charge on any atom is -0.457 e. The average molecular weight is 308 g/mol. The van der Waals surface area contributed by atoms with Gasteiger partial charge in [0, 0.05) is 6.26 Å². The number of benzene rings is 2. The summed E-state index contributed by atoms with van der Waals surface area (Å²) in [6.07, 6.45) is 1.16. The summed E-state index contributed by atoms with van der Waals surface area (Å²) in [4.78, 5) is 0.250. The van der Waals surface area contributed by atoms with Gasteiger partial charge >= 0.3 is 0 Å². The normalized spacial score (nSPS) is 11.5. The van der Waals surface area contributed by atoms with Crippen molar-refractivity contribution < 1.29 is 17.5 Å². The monoisotopic (exact) mass is 308 g/mol. The van der Waals surface area contributed by atoms with Crippen LogP contribution in [-0.2, 0) is 9.84 Å². The molecule has 2 aromatic rings. The Labute approximate surface area is 124 Å². The van der Waals surface area contributed by atoms with Crippen LogP contribution in [0, 0.1) is 26.6 Å². The fourth-order valence-electron chi connectivity index (χ4n) is 2.14. The lowest BCUT2D eigenvalue weighted by atomic mass is 10.1. The van der Waals surface area contributed by atoms with Gasteiger partial charge in [0.1, 0.15) is 17.3 Å². The molecule has 0 saturated carbocycles. The van der Waals surface area contributed by atoms with Gasteiger partial charge in [-0.05, 0) is 67.8 Å². The first-order valence-electron chi connectivity index (χ1n) is 6.44. The lowest BCUT2D eigenvalue weighted by molar-refractivity contribution is 0.468. The second kappa shape index (κ2) is 5.48. The number of hydrogen-bond donors (Lipinski definition) is 0. The molecule has 0 aliphatic carbocycles. The number of aryl methyl sites for hydroxylation is 3.